The molecule has 2 aromatic rings. The molecule has 24 heavy (non-hydrogen) atoms. The second-order valence-corrected chi connectivity index (χ2v) is 5.58. The molecule has 0 bridgehead atoms. The summed E-state index contributed by atoms with van der Waals surface area (Å²) in [6.07, 6.45) is 1.92. The Morgan fingerprint density at radius 3 is 3.04 bits per heavy atom. The fourth-order valence-electron chi connectivity index (χ4n) is 2.75. The van der Waals surface area contributed by atoms with Crippen molar-refractivity contribution in [3.63, 3.8) is 0 Å². The van der Waals surface area contributed by atoms with Gasteiger partial charge < -0.3 is 25.0 Å². The molecule has 1 aliphatic rings. The number of carbonyl (C=O) groups is 1. The minimum atomic E-state index is -1.17. The van der Waals surface area contributed by atoms with E-state index in [4.69, 9.17) is 9.26 Å². The van der Waals surface area contributed by atoms with Gasteiger partial charge in [0.1, 0.15) is 0 Å². The van der Waals surface area contributed by atoms with Crippen molar-refractivity contribution in [2.24, 2.45) is 0 Å². The smallest absolute Gasteiger partial charge is 0.343 e. The Morgan fingerprint density at radius 1 is 1.54 bits per heavy atom. The van der Waals surface area contributed by atoms with Crippen LogP contribution in [0.2, 0.25) is 0 Å². The summed E-state index contributed by atoms with van der Waals surface area (Å²) in [5.41, 5.74) is 0.308. The summed E-state index contributed by atoms with van der Waals surface area (Å²) in [6.45, 7) is 1.68. The van der Waals surface area contributed by atoms with Gasteiger partial charge >= 0.3 is 5.97 Å². The van der Waals surface area contributed by atoms with Gasteiger partial charge in [-0.2, -0.15) is 0 Å². The molecule has 1 aromatic carbocycles. The highest BCUT2D eigenvalue weighted by Gasteiger charge is 2.26. The van der Waals surface area contributed by atoms with Crippen molar-refractivity contribution in [1.82, 2.24) is 10.5 Å². The zero-order valence-electron chi connectivity index (χ0n) is 13.1. The topological polar surface area (TPSA) is 96.6 Å². The molecule has 0 radical (unpaired) electrons. The van der Waals surface area contributed by atoms with E-state index in [9.17, 15) is 14.3 Å². The van der Waals surface area contributed by atoms with Crippen LogP contribution in [0.4, 0.5) is 10.2 Å². The quantitative estimate of drug-likeness (QED) is 0.772. The number of rotatable bonds is 5. The predicted molar refractivity (Wildman–Crippen MR) is 84.9 cm³/mol. The number of carboxylic acid groups (broad SMARTS) is 1. The van der Waals surface area contributed by atoms with Crippen molar-refractivity contribution in [3.05, 3.63) is 29.6 Å². The second-order valence-electron chi connectivity index (χ2n) is 5.58. The van der Waals surface area contributed by atoms with Crippen molar-refractivity contribution in [2.45, 2.75) is 18.9 Å². The molecule has 3 N–H and O–H groups in total. The third-order valence-electron chi connectivity index (χ3n) is 3.96. The number of anilines is 1. The normalized spacial score (nSPS) is 17.5. The van der Waals surface area contributed by atoms with E-state index < -0.39 is 11.8 Å². The lowest BCUT2D eigenvalue weighted by molar-refractivity contribution is 0.0698. The van der Waals surface area contributed by atoms with Crippen LogP contribution in [-0.2, 0) is 0 Å². The van der Waals surface area contributed by atoms with Crippen molar-refractivity contribution >= 4 is 11.8 Å². The Morgan fingerprint density at radius 2 is 2.38 bits per heavy atom. The van der Waals surface area contributed by atoms with Gasteiger partial charge in [-0.05, 0) is 37.6 Å². The maximum Gasteiger partial charge on any atom is 0.343 e. The fourth-order valence-corrected chi connectivity index (χ4v) is 2.75. The van der Waals surface area contributed by atoms with Gasteiger partial charge in [0.25, 0.3) is 0 Å². The highest BCUT2D eigenvalue weighted by atomic mass is 19.1. The summed E-state index contributed by atoms with van der Waals surface area (Å²) in [4.78, 5) is 11.7. The molecular weight excluding hydrogens is 317 g/mol. The Labute approximate surface area is 137 Å². The van der Waals surface area contributed by atoms with E-state index in [0.717, 1.165) is 25.9 Å². The van der Waals surface area contributed by atoms with Crippen molar-refractivity contribution in [2.75, 3.05) is 25.5 Å². The first-order valence-electron chi connectivity index (χ1n) is 7.64. The largest absolute Gasteiger partial charge is 0.494 e. The van der Waals surface area contributed by atoms with Crippen LogP contribution >= 0.6 is 0 Å². The average molecular weight is 335 g/mol. The number of carboxylic acids is 1. The molecule has 8 heteroatoms. The molecule has 1 aromatic heterocycles. The summed E-state index contributed by atoms with van der Waals surface area (Å²) in [6, 6.07) is 4.09. The number of ether oxygens (including phenoxy) is 1. The molecule has 1 saturated heterocycles. The first-order chi connectivity index (χ1) is 11.6. The fraction of sp³-hybridized carbons (Fsp3) is 0.375. The van der Waals surface area contributed by atoms with E-state index in [0.29, 0.717) is 5.56 Å². The van der Waals surface area contributed by atoms with Crippen molar-refractivity contribution in [3.8, 4) is 17.1 Å². The molecule has 0 spiro atoms. The first kappa shape index (κ1) is 16.3. The highest BCUT2D eigenvalue weighted by Crippen LogP contribution is 2.33. The first-order valence-corrected chi connectivity index (χ1v) is 7.64. The molecule has 0 unspecified atom stereocenters. The zero-order chi connectivity index (χ0) is 17.1. The van der Waals surface area contributed by atoms with Gasteiger partial charge in [0, 0.05) is 18.2 Å². The monoisotopic (exact) mass is 335 g/mol. The number of benzene rings is 1. The van der Waals surface area contributed by atoms with Crippen LogP contribution in [0, 0.1) is 5.82 Å². The van der Waals surface area contributed by atoms with Crippen LogP contribution in [0.5, 0.6) is 5.75 Å². The Hall–Kier alpha value is -2.61. The molecular formula is C16H18FN3O4. The van der Waals surface area contributed by atoms with Crippen LogP contribution in [-0.4, -0.2) is 42.5 Å². The molecule has 0 amide bonds. The molecule has 3 rings (SSSR count). The van der Waals surface area contributed by atoms with E-state index >= 15 is 0 Å². The van der Waals surface area contributed by atoms with Gasteiger partial charge in [-0.25, -0.2) is 9.18 Å². The van der Waals surface area contributed by atoms with Gasteiger partial charge in [0.2, 0.25) is 0 Å². The van der Waals surface area contributed by atoms with Gasteiger partial charge in [-0.1, -0.05) is 5.16 Å². The van der Waals surface area contributed by atoms with Crippen LogP contribution in [0.25, 0.3) is 11.3 Å². The lowest BCUT2D eigenvalue weighted by Crippen LogP contribution is -2.38. The number of aromatic carboxylic acids is 1. The SMILES string of the molecule is COc1cc(-c2onc(N[C@@H]3CCCNC3)c2C(=O)O)ccc1F. The summed E-state index contributed by atoms with van der Waals surface area (Å²) < 4.78 is 23.7. The number of hydrogen-bond donors (Lipinski definition) is 3. The molecule has 0 saturated carbocycles. The van der Waals surface area contributed by atoms with Crippen LogP contribution in [0.1, 0.15) is 23.2 Å². The maximum atomic E-state index is 13.6. The molecule has 1 atom stereocenters. The number of piperidine rings is 1. The van der Waals surface area contributed by atoms with Crippen LogP contribution in [0.15, 0.2) is 22.7 Å². The number of hydrogen-bond acceptors (Lipinski definition) is 6. The summed E-state index contributed by atoms with van der Waals surface area (Å²) >= 11 is 0. The van der Waals surface area contributed by atoms with Crippen LogP contribution < -0.4 is 15.4 Å². The van der Waals surface area contributed by atoms with Crippen molar-refractivity contribution < 1.29 is 23.6 Å². The zero-order valence-corrected chi connectivity index (χ0v) is 13.1. The van der Waals surface area contributed by atoms with E-state index in [1.165, 1.54) is 25.3 Å². The van der Waals surface area contributed by atoms with Gasteiger partial charge in [-0.3, -0.25) is 0 Å². The molecule has 2 heterocycles. The number of nitrogens with one attached hydrogen (secondary N) is 2. The van der Waals surface area contributed by atoms with Gasteiger partial charge in [-0.15, -0.1) is 0 Å². The Balaban J connectivity index is 1.95. The van der Waals surface area contributed by atoms with E-state index in [2.05, 4.69) is 15.8 Å². The average Bonchev–Trinajstić information content (AvgIpc) is 3.00. The molecule has 1 fully saturated rings. The van der Waals surface area contributed by atoms with Gasteiger partial charge in [0.05, 0.1) is 7.11 Å². The van der Waals surface area contributed by atoms with Gasteiger partial charge in [0.15, 0.2) is 28.7 Å². The molecule has 0 aliphatic carbocycles. The minimum Gasteiger partial charge on any atom is -0.494 e. The number of methoxy groups -OCH3 is 1. The Kier molecular flexibility index (Phi) is 4.66. The van der Waals surface area contributed by atoms with E-state index in [1.807, 2.05) is 0 Å². The molecule has 7 nitrogen and oxygen atoms in total. The molecule has 1 aliphatic heterocycles. The standard InChI is InChI=1S/C16H18FN3O4/c1-23-12-7-9(4-5-11(12)17)14-13(16(21)22)15(20-24-14)19-10-3-2-6-18-8-10/h4-5,7,10,18H,2-3,6,8H2,1H3,(H,19,20)(H,21,22)/t10-/m1/s1. The Bertz CT molecular complexity index is 741. The van der Waals surface area contributed by atoms with E-state index in [1.54, 1.807) is 0 Å². The summed E-state index contributed by atoms with van der Waals surface area (Å²) in [5, 5.41) is 19.7. The minimum absolute atomic E-state index is 0.00577. The third-order valence-corrected chi connectivity index (χ3v) is 3.96. The maximum absolute atomic E-state index is 13.6. The highest BCUT2D eigenvalue weighted by molar-refractivity contribution is 5.99. The predicted octanol–water partition coefficient (Wildman–Crippen LogP) is 2.35. The number of aromatic nitrogens is 1. The number of halogens is 1. The summed E-state index contributed by atoms with van der Waals surface area (Å²) in [5.74, 6) is -1.46. The van der Waals surface area contributed by atoms with E-state index in [-0.39, 0.29) is 28.9 Å². The lowest BCUT2D eigenvalue weighted by atomic mass is 10.1. The third kappa shape index (κ3) is 3.18. The number of nitrogens with zero attached hydrogens (tertiary/aromatic N) is 1. The van der Waals surface area contributed by atoms with Crippen LogP contribution in [0.3, 0.4) is 0 Å². The molecule has 128 valence electrons. The second kappa shape index (κ2) is 6.88. The summed E-state index contributed by atoms with van der Waals surface area (Å²) in [7, 11) is 1.34. The lowest BCUT2D eigenvalue weighted by Gasteiger charge is -2.23. The van der Waals surface area contributed by atoms with Crippen molar-refractivity contribution in [1.29, 1.82) is 0 Å².